The van der Waals surface area contributed by atoms with E-state index < -0.39 is 72.5 Å². The first-order chi connectivity index (χ1) is 37.8. The number of hydrogen-bond acceptors (Lipinski definition) is 16. The summed E-state index contributed by atoms with van der Waals surface area (Å²) in [5.41, 5.74) is 3.81. The van der Waals surface area contributed by atoms with Gasteiger partial charge in [-0.1, -0.05) is 129 Å². The van der Waals surface area contributed by atoms with Gasteiger partial charge in [0.25, 0.3) is 0 Å². The molecule has 3 fully saturated rings. The third kappa shape index (κ3) is 18.7. The highest BCUT2D eigenvalue weighted by molar-refractivity contribution is 7.81. The molecular formula is C60H90N6O10S4. The molecule has 3 aliphatic heterocycles. The minimum Gasteiger partial charge on any atom is -0.454 e. The van der Waals surface area contributed by atoms with Crippen molar-refractivity contribution in [2.45, 2.75) is 156 Å². The fraction of sp³-hybridized carbons (Fsp3) is 0.667. The lowest BCUT2D eigenvalue weighted by Crippen LogP contribution is -2.54. The number of rotatable bonds is 14. The molecule has 16 nitrogen and oxygen atoms in total. The molecule has 0 amide bonds. The maximum absolute atomic E-state index is 14.9. The van der Waals surface area contributed by atoms with Gasteiger partial charge in [0.05, 0.1) is 26.4 Å². The minimum atomic E-state index is -1.02. The van der Waals surface area contributed by atoms with Crippen LogP contribution in [0.5, 0.6) is 0 Å². The van der Waals surface area contributed by atoms with Crippen LogP contribution in [0.25, 0.3) is 0 Å². The highest BCUT2D eigenvalue weighted by Crippen LogP contribution is 2.27. The SMILES string of the molecule is CC(C)CC1C(=O)OC(Cc2ccc(N3CCOCC3)cc2)C(=S)N(C)C(CC(C)C)C(=O)OC(C)C(=S)N(C)C(CC(C)C)C(=O)OC(Cc2ccc(N3CCOCC3)cc2)C(=S)N(C)C(CC(C)C)C(=O)OC(C)C(=S)N1C. The zero-order chi connectivity index (χ0) is 59.1. The number of carbonyl (C=O) groups is 4. The van der Waals surface area contributed by atoms with Gasteiger partial charge in [0.2, 0.25) is 0 Å². The van der Waals surface area contributed by atoms with Crippen LogP contribution in [0, 0.1) is 23.7 Å². The number of likely N-dealkylation sites (N-methyl/N-ethyl adjacent to an activating group) is 4. The first-order valence-corrected chi connectivity index (χ1v) is 30.1. The smallest absolute Gasteiger partial charge is 0.329 e. The molecule has 2 aromatic carbocycles. The molecule has 0 saturated carbocycles. The van der Waals surface area contributed by atoms with Crippen LogP contribution in [-0.2, 0) is 60.4 Å². The Labute approximate surface area is 498 Å². The highest BCUT2D eigenvalue weighted by Gasteiger charge is 2.40. The molecule has 0 radical (unpaired) electrons. The van der Waals surface area contributed by atoms with E-state index in [9.17, 15) is 19.2 Å². The van der Waals surface area contributed by atoms with Crippen molar-refractivity contribution in [3.8, 4) is 0 Å². The quantitative estimate of drug-likeness (QED) is 0.101. The zero-order valence-electron chi connectivity index (χ0n) is 49.8. The Morgan fingerprint density at radius 3 is 0.925 bits per heavy atom. The Morgan fingerprint density at radius 2 is 0.662 bits per heavy atom. The van der Waals surface area contributed by atoms with Crippen LogP contribution in [0.1, 0.15) is 106 Å². The predicted molar refractivity (Wildman–Crippen MR) is 332 cm³/mol. The number of nitrogens with zero attached hydrogens (tertiary/aromatic N) is 6. The van der Waals surface area contributed by atoms with Crippen molar-refractivity contribution >= 4 is 104 Å². The summed E-state index contributed by atoms with van der Waals surface area (Å²) in [6.07, 6.45) is -2.20. The number of carbonyl (C=O) groups excluding carboxylic acids is 4. The molecule has 80 heavy (non-hydrogen) atoms. The van der Waals surface area contributed by atoms with Crippen molar-refractivity contribution < 1.29 is 47.6 Å². The van der Waals surface area contributed by atoms with E-state index in [0.29, 0.717) is 52.1 Å². The van der Waals surface area contributed by atoms with Crippen molar-refractivity contribution in [2.75, 3.05) is 90.6 Å². The van der Waals surface area contributed by atoms with E-state index in [1.54, 1.807) is 61.6 Å². The van der Waals surface area contributed by atoms with Gasteiger partial charge in [0, 0.05) is 78.6 Å². The number of ether oxygens (including phenoxy) is 6. The Morgan fingerprint density at radius 1 is 0.412 bits per heavy atom. The fourth-order valence-electron chi connectivity index (χ4n) is 10.2. The third-order valence-electron chi connectivity index (χ3n) is 14.9. The summed E-state index contributed by atoms with van der Waals surface area (Å²) >= 11 is 24.7. The monoisotopic (exact) mass is 1180 g/mol. The van der Waals surface area contributed by atoms with Gasteiger partial charge < -0.3 is 57.8 Å². The van der Waals surface area contributed by atoms with Crippen LogP contribution in [0.2, 0.25) is 0 Å². The van der Waals surface area contributed by atoms with Crippen molar-refractivity contribution in [3.63, 3.8) is 0 Å². The molecule has 8 unspecified atom stereocenters. The topological polar surface area (TPSA) is 143 Å². The Bertz CT molecular complexity index is 2230. The van der Waals surface area contributed by atoms with Gasteiger partial charge in [-0.3, -0.25) is 0 Å². The molecule has 0 N–H and O–H groups in total. The molecule has 8 atom stereocenters. The van der Waals surface area contributed by atoms with Crippen LogP contribution >= 0.6 is 48.9 Å². The highest BCUT2D eigenvalue weighted by atomic mass is 32.1. The molecule has 3 aliphatic rings. The first kappa shape index (κ1) is 66.2. The van der Waals surface area contributed by atoms with E-state index in [0.717, 1.165) is 48.7 Å². The van der Waals surface area contributed by atoms with Crippen LogP contribution in [-0.4, -0.2) is 193 Å². The largest absolute Gasteiger partial charge is 0.454 e. The summed E-state index contributed by atoms with van der Waals surface area (Å²) in [5, 5.41) is 0. The number of benzene rings is 2. The maximum atomic E-state index is 14.9. The molecular weight excluding hydrogens is 1090 g/mol. The molecule has 444 valence electrons. The second-order valence-corrected chi connectivity index (χ2v) is 25.0. The molecule has 0 aromatic heterocycles. The maximum Gasteiger partial charge on any atom is 0.329 e. The second kappa shape index (κ2) is 31.2. The lowest BCUT2D eigenvalue weighted by Gasteiger charge is -2.38. The number of esters is 4. The van der Waals surface area contributed by atoms with Crippen molar-refractivity contribution in [1.29, 1.82) is 0 Å². The molecule has 0 spiro atoms. The average molecular weight is 1180 g/mol. The Hall–Kier alpha value is -4.60. The van der Waals surface area contributed by atoms with Gasteiger partial charge in [-0.2, -0.15) is 0 Å². The van der Waals surface area contributed by atoms with Gasteiger partial charge in [-0.05, 0) is 98.6 Å². The van der Waals surface area contributed by atoms with Crippen molar-refractivity contribution in [1.82, 2.24) is 19.6 Å². The van der Waals surface area contributed by atoms with E-state index >= 15 is 0 Å². The average Bonchev–Trinajstić information content (AvgIpc) is 3.44. The minimum absolute atomic E-state index is 0.0103. The van der Waals surface area contributed by atoms with Crippen LogP contribution in [0.4, 0.5) is 11.4 Å². The summed E-state index contributed by atoms with van der Waals surface area (Å²) in [6, 6.07) is 12.5. The normalized spacial score (nSPS) is 25.6. The summed E-state index contributed by atoms with van der Waals surface area (Å²) in [7, 11) is 6.86. The Kier molecular flexibility index (Phi) is 25.8. The van der Waals surface area contributed by atoms with Crippen LogP contribution in [0.3, 0.4) is 0 Å². The second-order valence-electron chi connectivity index (χ2n) is 23.3. The van der Waals surface area contributed by atoms with E-state index in [2.05, 4.69) is 9.80 Å². The van der Waals surface area contributed by atoms with Crippen LogP contribution in [0.15, 0.2) is 48.5 Å². The summed E-state index contributed by atoms with van der Waals surface area (Å²) in [5.74, 6) is -2.29. The molecule has 2 aromatic rings. The van der Waals surface area contributed by atoms with Gasteiger partial charge in [-0.25, -0.2) is 19.2 Å². The van der Waals surface area contributed by atoms with Crippen LogP contribution < -0.4 is 9.80 Å². The molecule has 3 heterocycles. The van der Waals surface area contributed by atoms with Gasteiger partial charge in [0.15, 0.2) is 12.2 Å². The van der Waals surface area contributed by atoms with E-state index in [1.165, 1.54) is 0 Å². The van der Waals surface area contributed by atoms with Gasteiger partial charge >= 0.3 is 23.9 Å². The lowest BCUT2D eigenvalue weighted by molar-refractivity contribution is -0.152. The van der Waals surface area contributed by atoms with Crippen molar-refractivity contribution in [3.05, 3.63) is 59.7 Å². The molecule has 0 aliphatic carbocycles. The van der Waals surface area contributed by atoms with Gasteiger partial charge in [-0.15, -0.1) is 0 Å². The van der Waals surface area contributed by atoms with E-state index in [-0.39, 0.29) is 56.5 Å². The number of anilines is 2. The summed E-state index contributed by atoms with van der Waals surface area (Å²) in [6.45, 7) is 25.1. The van der Waals surface area contributed by atoms with E-state index in [1.807, 2.05) is 104 Å². The number of hydrogen-bond donors (Lipinski definition) is 0. The molecule has 20 heteroatoms. The van der Waals surface area contributed by atoms with Gasteiger partial charge in [0.1, 0.15) is 56.3 Å². The lowest BCUT2D eigenvalue weighted by atomic mass is 10.00. The third-order valence-corrected chi connectivity index (χ3v) is 17.3. The zero-order valence-corrected chi connectivity index (χ0v) is 53.1. The Balaban J connectivity index is 1.59. The number of morpholine rings is 2. The molecule has 3 saturated heterocycles. The summed E-state index contributed by atoms with van der Waals surface area (Å²) < 4.78 is 36.9. The fourth-order valence-corrected chi connectivity index (χ4v) is 11.1. The first-order valence-electron chi connectivity index (χ1n) is 28.5. The molecule has 0 bridgehead atoms. The number of thiocarbonyl (C=S) groups is 4. The van der Waals surface area contributed by atoms with Crippen molar-refractivity contribution in [2.24, 2.45) is 23.7 Å². The summed E-state index contributed by atoms with van der Waals surface area (Å²) in [4.78, 5) is 71.3. The molecule has 5 rings (SSSR count). The standard InChI is InChI=1S/C60H90N6O10S4/c1-37(2)31-47-57(67)73-41(9)53(77)61(11)50(34-40(7)8)60(70)76-52(36-44-17-21-46(22-18-44)66-25-29-72-30-26-66)56(80)64(14)48(32-38(3)4)58(68)74-42(10)54(78)62(12)49(33-39(5)6)59(69)75-51(55(79)63(47)13)35-43-15-19-45(20-16-43)65-23-27-71-28-24-65/h15-22,37-42,47-52H,23-36H2,1-14H3. The van der Waals surface area contributed by atoms with E-state index in [4.69, 9.17) is 77.3 Å². The predicted octanol–water partition coefficient (Wildman–Crippen LogP) is 8.54. The number of cyclic esters (lactones) is 4.